The molecule has 0 saturated carbocycles. The van der Waals surface area contributed by atoms with E-state index in [0.717, 1.165) is 14.9 Å². The molecule has 0 heterocycles. The zero-order valence-corrected chi connectivity index (χ0v) is 14.1. The first-order valence-electron chi connectivity index (χ1n) is 5.13. The molecule has 1 aromatic carbocycles. The Hall–Kier alpha value is 0.877. The van der Waals surface area contributed by atoms with Gasteiger partial charge in [-0.25, -0.2) is 0 Å². The van der Waals surface area contributed by atoms with Crippen molar-refractivity contribution < 1.29 is 4.79 Å². The fraction of sp³-hybridized carbons (Fsp3) is 0.364. The molecule has 0 aliphatic carbocycles. The van der Waals surface area contributed by atoms with Crippen molar-refractivity contribution >= 4 is 64.3 Å². The van der Waals surface area contributed by atoms with Crippen LogP contribution in [0.2, 0.25) is 5.09 Å². The first-order chi connectivity index (χ1) is 7.40. The van der Waals surface area contributed by atoms with Gasteiger partial charge in [-0.3, -0.25) is 4.79 Å². The number of halogens is 2. The molecule has 0 aliphatic rings. The van der Waals surface area contributed by atoms with Crippen LogP contribution in [0.3, 0.4) is 0 Å². The number of benzene rings is 1. The van der Waals surface area contributed by atoms with E-state index in [4.69, 9.17) is 0 Å². The van der Waals surface area contributed by atoms with Gasteiger partial charge in [0.15, 0.2) is 5.52 Å². The summed E-state index contributed by atoms with van der Waals surface area (Å²) in [5.74, 6) is 0.884. The van der Waals surface area contributed by atoms with Crippen LogP contribution < -0.4 is 0 Å². The summed E-state index contributed by atoms with van der Waals surface area (Å²) in [7, 11) is 2.14. The summed E-state index contributed by atoms with van der Waals surface area (Å²) in [5.41, 5.74) is 0.641. The van der Waals surface area contributed by atoms with Crippen molar-refractivity contribution in [2.45, 2.75) is 18.9 Å². The maximum atomic E-state index is 11.0. The molecule has 0 N–H and O–H groups in total. The van der Waals surface area contributed by atoms with Crippen LogP contribution in [0, 0.1) is 5.92 Å². The normalized spacial score (nSPS) is 9.75. The van der Waals surface area contributed by atoms with E-state index in [1.54, 1.807) is 0 Å². The van der Waals surface area contributed by atoms with E-state index < -0.39 is 0 Å². The second-order valence-corrected chi connectivity index (χ2v) is 6.00. The Morgan fingerprint density at radius 1 is 1.38 bits per heavy atom. The molecule has 0 spiro atoms. The van der Waals surface area contributed by atoms with Crippen molar-refractivity contribution in [1.82, 2.24) is 0 Å². The van der Waals surface area contributed by atoms with Crippen LogP contribution in [0.5, 0.6) is 0 Å². The molecule has 1 rings (SSSR count). The van der Waals surface area contributed by atoms with Crippen LogP contribution in [0.1, 0.15) is 24.2 Å². The van der Waals surface area contributed by atoms with Crippen molar-refractivity contribution in [3.05, 3.63) is 32.7 Å². The third-order valence-corrected chi connectivity index (χ3v) is 3.64. The molecular weight excluding hydrogens is 346 g/mol. The van der Waals surface area contributed by atoms with Crippen molar-refractivity contribution in [3.8, 4) is 0 Å². The number of carbonyl (C=O) groups excluding carboxylic acids is 1. The molecule has 0 fully saturated rings. The second-order valence-electron chi connectivity index (χ2n) is 3.76. The van der Waals surface area contributed by atoms with E-state index in [2.05, 4.69) is 72.7 Å². The van der Waals surface area contributed by atoms with Gasteiger partial charge in [-0.1, -0.05) is 15.3 Å². The van der Waals surface area contributed by atoms with Crippen molar-refractivity contribution in [3.63, 3.8) is 0 Å². The first-order valence-corrected chi connectivity index (χ1v) is 7.30. The van der Waals surface area contributed by atoms with Gasteiger partial charge < -0.3 is 0 Å². The molecule has 0 bridgehead atoms. The van der Waals surface area contributed by atoms with Crippen LogP contribution in [0.25, 0.3) is 0 Å². The summed E-state index contributed by atoms with van der Waals surface area (Å²) in [6.45, 7) is 4.44. The van der Waals surface area contributed by atoms with Crippen LogP contribution in [0.15, 0.2) is 27.1 Å². The third-order valence-electron chi connectivity index (χ3n) is 2.03. The van der Waals surface area contributed by atoms with Gasteiger partial charge in [0, 0.05) is 14.5 Å². The van der Waals surface area contributed by atoms with Gasteiger partial charge >= 0.3 is 42.6 Å². The van der Waals surface area contributed by atoms with Gasteiger partial charge in [0.05, 0.1) is 0 Å². The molecule has 1 aromatic rings. The molecule has 0 aliphatic heterocycles. The summed E-state index contributed by atoms with van der Waals surface area (Å²) < 4.78 is 1.62. The summed E-state index contributed by atoms with van der Waals surface area (Å²) in [4.78, 5) is 11.0. The van der Waals surface area contributed by atoms with Gasteiger partial charge in [-0.2, -0.15) is 0 Å². The minimum atomic E-state index is -0.0237. The van der Waals surface area contributed by atoms with E-state index >= 15 is 0 Å². The molecule has 0 saturated heterocycles. The molecule has 1 nitrogen and oxygen atoms in total. The summed E-state index contributed by atoms with van der Waals surface area (Å²) in [6.07, 6.45) is 0. The van der Waals surface area contributed by atoms with Crippen LogP contribution in [0.4, 0.5) is 0 Å². The SMILES string of the molecule is O=C(P)c1c(Br)cccc1Br.[Li][CH2]C(C)C. The van der Waals surface area contributed by atoms with E-state index in [0.29, 0.717) is 5.56 Å². The quantitative estimate of drug-likeness (QED) is 0.563. The molecule has 1 atom stereocenters. The Balaban J connectivity index is 0.000000385. The van der Waals surface area contributed by atoms with Crippen LogP contribution >= 0.6 is 41.1 Å². The second kappa shape index (κ2) is 8.89. The Morgan fingerprint density at radius 2 is 1.75 bits per heavy atom. The molecule has 0 amide bonds. The fourth-order valence-corrected chi connectivity index (χ4v) is 2.86. The Bertz CT molecular complexity index is 336. The zero-order chi connectivity index (χ0) is 12.7. The average molecular weight is 360 g/mol. The first kappa shape index (κ1) is 16.9. The van der Waals surface area contributed by atoms with E-state index in [1.165, 1.54) is 5.09 Å². The number of carbonyl (C=O) groups is 1. The Labute approximate surface area is 126 Å². The van der Waals surface area contributed by atoms with Crippen molar-refractivity contribution in [2.75, 3.05) is 0 Å². The van der Waals surface area contributed by atoms with Gasteiger partial charge in [0.25, 0.3) is 0 Å². The summed E-state index contributed by atoms with van der Waals surface area (Å²) in [5, 5.41) is 1.31. The Morgan fingerprint density at radius 3 is 1.94 bits per heavy atom. The molecule has 0 radical (unpaired) electrons. The van der Waals surface area contributed by atoms with E-state index in [1.807, 2.05) is 18.2 Å². The topological polar surface area (TPSA) is 17.1 Å². The predicted octanol–water partition coefficient (Wildman–Crippen LogP) is 4.46. The maximum absolute atomic E-state index is 11.0. The predicted molar refractivity (Wildman–Crippen MR) is 81.3 cm³/mol. The third kappa shape index (κ3) is 6.57. The number of hydrogen-bond acceptors (Lipinski definition) is 1. The van der Waals surface area contributed by atoms with Crippen molar-refractivity contribution in [2.24, 2.45) is 5.92 Å². The molecule has 1 unspecified atom stereocenters. The fourth-order valence-electron chi connectivity index (χ4n) is 0.733. The van der Waals surface area contributed by atoms with E-state index in [9.17, 15) is 4.79 Å². The van der Waals surface area contributed by atoms with Crippen LogP contribution in [-0.4, -0.2) is 23.2 Å². The zero-order valence-electron chi connectivity index (χ0n) is 9.76. The molecular formula is C11H14Br2LiOP. The van der Waals surface area contributed by atoms with Crippen LogP contribution in [-0.2, 0) is 0 Å². The van der Waals surface area contributed by atoms with Gasteiger partial charge in [-0.15, -0.1) is 0 Å². The molecule has 5 heteroatoms. The molecule has 84 valence electrons. The van der Waals surface area contributed by atoms with Gasteiger partial charge in [0.1, 0.15) is 0 Å². The van der Waals surface area contributed by atoms with Gasteiger partial charge in [0.2, 0.25) is 0 Å². The Kier molecular flexibility index (Phi) is 9.38. The molecule has 0 aromatic heterocycles. The monoisotopic (exact) mass is 358 g/mol. The average Bonchev–Trinajstić information content (AvgIpc) is 2.17. The standard InChI is InChI=1S/C7H5Br2OP.C4H9.Li/c8-4-2-1-3-5(9)6(4)7(10)11;1-4(2)3;/h1-3H,11H2;4H,1H2,2-3H3;. The van der Waals surface area contributed by atoms with Gasteiger partial charge in [-0.05, 0) is 44.0 Å². The number of hydrogen-bond donors (Lipinski definition) is 0. The summed E-state index contributed by atoms with van der Waals surface area (Å²) >= 11 is 8.77. The summed E-state index contributed by atoms with van der Waals surface area (Å²) in [6, 6.07) is 5.54. The van der Waals surface area contributed by atoms with E-state index in [-0.39, 0.29) is 5.52 Å². The minimum absolute atomic E-state index is 0.0237. The number of rotatable bonds is 2. The van der Waals surface area contributed by atoms with Crippen molar-refractivity contribution in [1.29, 1.82) is 0 Å². The molecule has 16 heavy (non-hydrogen) atoms.